The Labute approximate surface area is 153 Å². The molecule has 2 aromatic rings. The Hall–Kier alpha value is -2.69. The summed E-state index contributed by atoms with van der Waals surface area (Å²) in [6.07, 6.45) is 1.81. The highest BCUT2D eigenvalue weighted by Crippen LogP contribution is 2.45. The SMILES string of the molecule is COc1cccc([C@H]2Nc3ccccc3C(=O)N2C2CC2)c1OC(C)C. The van der Waals surface area contributed by atoms with Gasteiger partial charge in [0.25, 0.3) is 5.91 Å². The summed E-state index contributed by atoms with van der Waals surface area (Å²) in [5, 5.41) is 3.55. The lowest BCUT2D eigenvalue weighted by Crippen LogP contribution is -2.44. The lowest BCUT2D eigenvalue weighted by Gasteiger charge is -2.39. The first-order chi connectivity index (χ1) is 12.6. The second-order valence-corrected chi connectivity index (χ2v) is 7.08. The Morgan fingerprint density at radius 3 is 2.58 bits per heavy atom. The van der Waals surface area contributed by atoms with Gasteiger partial charge in [0.05, 0.1) is 18.8 Å². The van der Waals surface area contributed by atoms with Gasteiger partial charge in [0, 0.05) is 17.3 Å². The number of hydrogen-bond acceptors (Lipinski definition) is 4. The Morgan fingerprint density at radius 2 is 1.88 bits per heavy atom. The predicted molar refractivity (Wildman–Crippen MR) is 101 cm³/mol. The molecule has 1 amide bonds. The van der Waals surface area contributed by atoms with E-state index < -0.39 is 0 Å². The predicted octanol–water partition coefficient (Wildman–Crippen LogP) is 4.21. The summed E-state index contributed by atoms with van der Waals surface area (Å²) in [4.78, 5) is 15.1. The summed E-state index contributed by atoms with van der Waals surface area (Å²) in [6.45, 7) is 3.98. The number of nitrogens with one attached hydrogen (secondary N) is 1. The molecule has 5 heteroatoms. The molecule has 136 valence electrons. The summed E-state index contributed by atoms with van der Waals surface area (Å²) in [7, 11) is 1.64. The third-order valence-corrected chi connectivity index (χ3v) is 4.78. The first-order valence-corrected chi connectivity index (χ1v) is 9.12. The molecule has 0 spiro atoms. The monoisotopic (exact) mass is 352 g/mol. The van der Waals surface area contributed by atoms with E-state index in [4.69, 9.17) is 9.47 Å². The number of methoxy groups -OCH3 is 1. The Kier molecular flexibility index (Phi) is 4.23. The number of anilines is 1. The van der Waals surface area contributed by atoms with Gasteiger partial charge in [-0.2, -0.15) is 0 Å². The number of carbonyl (C=O) groups is 1. The van der Waals surface area contributed by atoms with Crippen LogP contribution in [0.3, 0.4) is 0 Å². The fourth-order valence-corrected chi connectivity index (χ4v) is 3.50. The van der Waals surface area contributed by atoms with Crippen molar-refractivity contribution in [1.82, 2.24) is 4.90 Å². The molecule has 0 radical (unpaired) electrons. The van der Waals surface area contributed by atoms with Gasteiger partial charge in [-0.05, 0) is 44.9 Å². The van der Waals surface area contributed by atoms with Gasteiger partial charge in [0.15, 0.2) is 11.5 Å². The number of carbonyl (C=O) groups excluding carboxylic acids is 1. The van der Waals surface area contributed by atoms with Gasteiger partial charge >= 0.3 is 0 Å². The van der Waals surface area contributed by atoms with Gasteiger partial charge in [0.2, 0.25) is 0 Å². The van der Waals surface area contributed by atoms with Crippen molar-refractivity contribution in [2.75, 3.05) is 12.4 Å². The van der Waals surface area contributed by atoms with Gasteiger partial charge in [-0.1, -0.05) is 24.3 Å². The zero-order valence-corrected chi connectivity index (χ0v) is 15.4. The zero-order chi connectivity index (χ0) is 18.3. The van der Waals surface area contributed by atoms with Crippen LogP contribution in [0.4, 0.5) is 5.69 Å². The average Bonchev–Trinajstić information content (AvgIpc) is 3.46. The van der Waals surface area contributed by atoms with Gasteiger partial charge in [-0.3, -0.25) is 4.79 Å². The molecule has 2 aromatic carbocycles. The molecular weight excluding hydrogens is 328 g/mol. The van der Waals surface area contributed by atoms with E-state index in [2.05, 4.69) is 5.32 Å². The number of rotatable bonds is 5. The number of fused-ring (bicyclic) bond motifs is 1. The number of ether oxygens (including phenoxy) is 2. The molecule has 26 heavy (non-hydrogen) atoms. The van der Waals surface area contributed by atoms with Crippen LogP contribution in [0.5, 0.6) is 11.5 Å². The first kappa shape index (κ1) is 16.8. The van der Waals surface area contributed by atoms with E-state index in [0.717, 1.165) is 29.7 Å². The number of para-hydroxylation sites is 2. The summed E-state index contributed by atoms with van der Waals surface area (Å²) in [6, 6.07) is 13.8. The maximum absolute atomic E-state index is 13.2. The molecule has 4 rings (SSSR count). The molecule has 0 aromatic heterocycles. The van der Waals surface area contributed by atoms with Crippen LogP contribution in [0, 0.1) is 0 Å². The Balaban J connectivity index is 1.82. The molecular formula is C21H24N2O3. The van der Waals surface area contributed by atoms with Crippen molar-refractivity contribution < 1.29 is 14.3 Å². The van der Waals surface area contributed by atoms with E-state index in [1.807, 2.05) is 61.2 Å². The van der Waals surface area contributed by atoms with Gasteiger partial charge in [0.1, 0.15) is 6.17 Å². The quantitative estimate of drug-likeness (QED) is 0.876. The highest BCUT2D eigenvalue weighted by atomic mass is 16.5. The second-order valence-electron chi connectivity index (χ2n) is 7.08. The first-order valence-electron chi connectivity index (χ1n) is 9.12. The van der Waals surface area contributed by atoms with Crippen molar-refractivity contribution in [1.29, 1.82) is 0 Å². The van der Waals surface area contributed by atoms with E-state index in [-0.39, 0.29) is 24.2 Å². The molecule has 1 atom stereocenters. The van der Waals surface area contributed by atoms with Crippen molar-refractivity contribution in [3.05, 3.63) is 53.6 Å². The molecule has 1 aliphatic carbocycles. The molecule has 1 aliphatic heterocycles. The van der Waals surface area contributed by atoms with E-state index in [1.165, 1.54) is 0 Å². The molecule has 0 unspecified atom stereocenters. The summed E-state index contributed by atoms with van der Waals surface area (Å²) >= 11 is 0. The van der Waals surface area contributed by atoms with Crippen LogP contribution < -0.4 is 14.8 Å². The largest absolute Gasteiger partial charge is 0.493 e. The second kappa shape index (κ2) is 6.56. The number of nitrogens with zero attached hydrogens (tertiary/aromatic N) is 1. The Morgan fingerprint density at radius 1 is 1.12 bits per heavy atom. The summed E-state index contributed by atoms with van der Waals surface area (Å²) < 4.78 is 11.6. The smallest absolute Gasteiger partial charge is 0.258 e. The van der Waals surface area contributed by atoms with Gasteiger partial charge < -0.3 is 19.7 Å². The number of hydrogen-bond donors (Lipinski definition) is 1. The van der Waals surface area contributed by atoms with Crippen LogP contribution in [-0.4, -0.2) is 30.1 Å². The van der Waals surface area contributed by atoms with Crippen molar-refractivity contribution in [2.24, 2.45) is 0 Å². The minimum absolute atomic E-state index is 0.00556. The standard InChI is InChI=1S/C21H24N2O3/c1-13(2)26-19-16(8-6-10-18(19)25-3)20-22-17-9-5-4-7-15(17)21(24)23(20)14-11-12-14/h4-10,13-14,20,22H,11-12H2,1-3H3/t20-/m0/s1. The van der Waals surface area contributed by atoms with Crippen LogP contribution in [-0.2, 0) is 0 Å². The van der Waals surface area contributed by atoms with E-state index in [0.29, 0.717) is 11.5 Å². The zero-order valence-electron chi connectivity index (χ0n) is 15.4. The topological polar surface area (TPSA) is 50.8 Å². The highest BCUT2D eigenvalue weighted by Gasteiger charge is 2.43. The maximum Gasteiger partial charge on any atom is 0.258 e. The Bertz CT molecular complexity index is 830. The van der Waals surface area contributed by atoms with Crippen LogP contribution in [0.25, 0.3) is 0 Å². The average molecular weight is 352 g/mol. The van der Waals surface area contributed by atoms with Crippen LogP contribution in [0.2, 0.25) is 0 Å². The number of amides is 1. The minimum Gasteiger partial charge on any atom is -0.493 e. The molecule has 0 bridgehead atoms. The molecule has 1 N–H and O–H groups in total. The van der Waals surface area contributed by atoms with Crippen molar-refractivity contribution in [3.8, 4) is 11.5 Å². The molecule has 1 saturated carbocycles. The third-order valence-electron chi connectivity index (χ3n) is 4.78. The van der Waals surface area contributed by atoms with E-state index >= 15 is 0 Å². The highest BCUT2D eigenvalue weighted by molar-refractivity contribution is 6.02. The van der Waals surface area contributed by atoms with Gasteiger partial charge in [-0.15, -0.1) is 0 Å². The van der Waals surface area contributed by atoms with E-state index in [1.54, 1.807) is 7.11 Å². The minimum atomic E-state index is -0.270. The van der Waals surface area contributed by atoms with Crippen LogP contribution in [0.1, 0.15) is 48.8 Å². The molecule has 1 fully saturated rings. The van der Waals surface area contributed by atoms with Crippen LogP contribution in [0.15, 0.2) is 42.5 Å². The third kappa shape index (κ3) is 2.87. The van der Waals surface area contributed by atoms with Crippen molar-refractivity contribution in [2.45, 2.75) is 45.0 Å². The molecule has 2 aliphatic rings. The fourth-order valence-electron chi connectivity index (χ4n) is 3.50. The fraction of sp³-hybridized carbons (Fsp3) is 0.381. The van der Waals surface area contributed by atoms with Gasteiger partial charge in [-0.25, -0.2) is 0 Å². The lowest BCUT2D eigenvalue weighted by atomic mass is 10.0. The molecule has 5 nitrogen and oxygen atoms in total. The number of benzene rings is 2. The normalized spacial score (nSPS) is 19.2. The van der Waals surface area contributed by atoms with E-state index in [9.17, 15) is 4.79 Å². The van der Waals surface area contributed by atoms with Crippen molar-refractivity contribution >= 4 is 11.6 Å². The maximum atomic E-state index is 13.2. The van der Waals surface area contributed by atoms with Crippen LogP contribution >= 0.6 is 0 Å². The lowest BCUT2D eigenvalue weighted by molar-refractivity contribution is 0.0662. The van der Waals surface area contributed by atoms with Crippen molar-refractivity contribution in [3.63, 3.8) is 0 Å². The molecule has 0 saturated heterocycles. The molecule has 1 heterocycles. The summed E-state index contributed by atoms with van der Waals surface area (Å²) in [5.41, 5.74) is 2.51. The summed E-state index contributed by atoms with van der Waals surface area (Å²) in [5.74, 6) is 1.45.